The number of methoxy groups -OCH3 is 1. The van der Waals surface area contributed by atoms with Gasteiger partial charge >= 0.3 is 0 Å². The van der Waals surface area contributed by atoms with Crippen LogP contribution in [0.25, 0.3) is 16.6 Å². The second kappa shape index (κ2) is 8.22. The lowest BCUT2D eigenvalue weighted by Crippen LogP contribution is -2.27. The molecule has 1 saturated heterocycles. The molecule has 150 valence electrons. The van der Waals surface area contributed by atoms with Crippen molar-refractivity contribution in [2.75, 3.05) is 18.6 Å². The van der Waals surface area contributed by atoms with Gasteiger partial charge in [-0.1, -0.05) is 19.3 Å². The van der Waals surface area contributed by atoms with E-state index < -0.39 is 5.92 Å². The summed E-state index contributed by atoms with van der Waals surface area (Å²) >= 11 is 0. The Hall–Kier alpha value is -3.91. The van der Waals surface area contributed by atoms with Gasteiger partial charge in [-0.25, -0.2) is 9.50 Å². The van der Waals surface area contributed by atoms with E-state index in [1.807, 2.05) is 12.3 Å². The highest BCUT2D eigenvalue weighted by Gasteiger charge is 2.33. The lowest BCUT2D eigenvalue weighted by atomic mass is 10.1. The Labute approximate surface area is 173 Å². The van der Waals surface area contributed by atoms with E-state index in [4.69, 9.17) is 10.00 Å². The number of aromatic nitrogens is 3. The first kappa shape index (κ1) is 19.4. The molecule has 1 aliphatic carbocycles. The van der Waals surface area contributed by atoms with Crippen LogP contribution in [0.15, 0.2) is 36.8 Å². The van der Waals surface area contributed by atoms with E-state index in [9.17, 15) is 10.1 Å². The molecule has 1 amide bonds. The minimum atomic E-state index is -0.600. The Balaban J connectivity index is 0.000000667. The van der Waals surface area contributed by atoms with Crippen molar-refractivity contribution in [2.24, 2.45) is 5.92 Å². The molecule has 8 nitrogen and oxygen atoms in total. The van der Waals surface area contributed by atoms with Gasteiger partial charge in [-0.3, -0.25) is 4.79 Å². The average Bonchev–Trinajstić information content (AvgIpc) is 3.53. The van der Waals surface area contributed by atoms with Crippen molar-refractivity contribution in [3.8, 4) is 29.1 Å². The van der Waals surface area contributed by atoms with Gasteiger partial charge in [0.25, 0.3) is 0 Å². The van der Waals surface area contributed by atoms with Gasteiger partial charge in [0.05, 0.1) is 24.4 Å². The first-order valence-electron chi connectivity index (χ1n) is 9.79. The van der Waals surface area contributed by atoms with Crippen LogP contribution in [0.3, 0.4) is 0 Å². The smallest absolute Gasteiger partial charge is 0.244 e. The molecule has 1 saturated carbocycles. The summed E-state index contributed by atoms with van der Waals surface area (Å²) in [5.41, 5.74) is 3.34. The molecule has 30 heavy (non-hydrogen) atoms. The standard InChI is InChI=1S/C19H14N6O2.C3H6/c1-27-18-13(9-21)6-14(10-22-18)15-7-17-16(2-4-23-25(17)11-15)24-5-3-12(8-20)19(24)26;1-2-3-1/h2,4,6-7,10-12H,3,5H2,1H3;1-3H2. The van der Waals surface area contributed by atoms with Crippen LogP contribution in [-0.2, 0) is 4.79 Å². The molecule has 4 heterocycles. The number of amides is 1. The number of nitriles is 2. The molecular formula is C22H20N6O2. The number of hydrogen-bond donors (Lipinski definition) is 0. The third-order valence-corrected chi connectivity index (χ3v) is 4.99. The first-order valence-corrected chi connectivity index (χ1v) is 9.79. The van der Waals surface area contributed by atoms with E-state index in [1.54, 1.807) is 33.9 Å². The summed E-state index contributed by atoms with van der Waals surface area (Å²) in [5.74, 6) is -0.517. The normalized spacial score (nSPS) is 17.1. The molecule has 0 radical (unpaired) electrons. The van der Waals surface area contributed by atoms with Crippen molar-refractivity contribution in [3.63, 3.8) is 0 Å². The number of carbonyl (C=O) groups excluding carboxylic acids is 1. The molecule has 2 aliphatic rings. The van der Waals surface area contributed by atoms with Crippen molar-refractivity contribution >= 4 is 17.1 Å². The van der Waals surface area contributed by atoms with Crippen molar-refractivity contribution in [1.29, 1.82) is 10.5 Å². The van der Waals surface area contributed by atoms with Crippen LogP contribution in [0.1, 0.15) is 31.2 Å². The molecular weight excluding hydrogens is 380 g/mol. The highest BCUT2D eigenvalue weighted by atomic mass is 16.5. The van der Waals surface area contributed by atoms with E-state index in [-0.39, 0.29) is 11.8 Å². The fourth-order valence-electron chi connectivity index (χ4n) is 3.28. The molecule has 0 N–H and O–H groups in total. The zero-order valence-electron chi connectivity index (χ0n) is 16.6. The lowest BCUT2D eigenvalue weighted by Gasteiger charge is -2.16. The summed E-state index contributed by atoms with van der Waals surface area (Å²) in [6.45, 7) is 0.500. The maximum absolute atomic E-state index is 12.4. The van der Waals surface area contributed by atoms with Crippen molar-refractivity contribution in [2.45, 2.75) is 25.7 Å². The summed E-state index contributed by atoms with van der Waals surface area (Å²) in [7, 11) is 1.47. The Morgan fingerprint density at radius 1 is 1.20 bits per heavy atom. The number of anilines is 1. The lowest BCUT2D eigenvalue weighted by molar-refractivity contribution is -0.118. The molecule has 3 aromatic heterocycles. The SMILES string of the molecule is C1CC1.COc1ncc(-c2cc3c(N4CCC(C#N)C4=O)ccnn3c2)cc1C#N. The van der Waals surface area contributed by atoms with Gasteiger partial charge in [-0.2, -0.15) is 15.6 Å². The fourth-order valence-corrected chi connectivity index (χ4v) is 3.28. The van der Waals surface area contributed by atoms with Gasteiger partial charge in [0.1, 0.15) is 17.6 Å². The number of nitrogens with zero attached hydrogens (tertiary/aromatic N) is 6. The van der Waals surface area contributed by atoms with E-state index >= 15 is 0 Å². The van der Waals surface area contributed by atoms with Crippen LogP contribution in [0.4, 0.5) is 5.69 Å². The third kappa shape index (κ3) is 3.68. The first-order chi connectivity index (χ1) is 14.7. The van der Waals surface area contributed by atoms with Crippen LogP contribution in [0, 0.1) is 28.6 Å². The van der Waals surface area contributed by atoms with E-state index in [0.29, 0.717) is 24.2 Å². The van der Waals surface area contributed by atoms with Gasteiger partial charge in [0.15, 0.2) is 0 Å². The Morgan fingerprint density at radius 3 is 2.63 bits per heavy atom. The molecule has 5 rings (SSSR count). The van der Waals surface area contributed by atoms with Crippen LogP contribution >= 0.6 is 0 Å². The van der Waals surface area contributed by atoms with Crippen molar-refractivity contribution in [3.05, 3.63) is 42.4 Å². The number of hydrogen-bond acceptors (Lipinski definition) is 6. The van der Waals surface area contributed by atoms with Crippen LogP contribution in [0.2, 0.25) is 0 Å². The predicted molar refractivity (Wildman–Crippen MR) is 110 cm³/mol. The van der Waals surface area contributed by atoms with Crippen molar-refractivity contribution in [1.82, 2.24) is 14.6 Å². The average molecular weight is 400 g/mol. The molecule has 1 unspecified atom stereocenters. The second-order valence-corrected chi connectivity index (χ2v) is 7.19. The minimum absolute atomic E-state index is 0.189. The molecule has 3 aromatic rings. The van der Waals surface area contributed by atoms with E-state index in [0.717, 1.165) is 16.6 Å². The summed E-state index contributed by atoms with van der Waals surface area (Å²) in [5, 5.41) is 22.7. The van der Waals surface area contributed by atoms with Crippen LogP contribution < -0.4 is 9.64 Å². The Morgan fingerprint density at radius 2 is 2.00 bits per heavy atom. The topological polar surface area (TPSA) is 107 Å². The number of rotatable bonds is 3. The van der Waals surface area contributed by atoms with Gasteiger partial charge in [-0.15, -0.1) is 0 Å². The van der Waals surface area contributed by atoms with Gasteiger partial charge in [0, 0.05) is 36.3 Å². The molecule has 8 heteroatoms. The predicted octanol–water partition coefficient (Wildman–Crippen LogP) is 3.32. The minimum Gasteiger partial charge on any atom is -0.480 e. The maximum atomic E-state index is 12.4. The number of pyridine rings is 1. The summed E-state index contributed by atoms with van der Waals surface area (Å²) in [6.07, 6.45) is 10.1. The molecule has 2 fully saturated rings. The summed E-state index contributed by atoms with van der Waals surface area (Å²) in [6, 6.07) is 9.48. The second-order valence-electron chi connectivity index (χ2n) is 7.19. The maximum Gasteiger partial charge on any atom is 0.244 e. The summed E-state index contributed by atoms with van der Waals surface area (Å²) in [4.78, 5) is 18.2. The van der Waals surface area contributed by atoms with Crippen molar-refractivity contribution < 1.29 is 9.53 Å². The zero-order valence-corrected chi connectivity index (χ0v) is 16.6. The Bertz CT molecular complexity index is 1180. The van der Waals surface area contributed by atoms with E-state index in [2.05, 4.69) is 22.2 Å². The zero-order chi connectivity index (χ0) is 21.1. The highest BCUT2D eigenvalue weighted by molar-refractivity contribution is 6.02. The molecule has 1 aliphatic heterocycles. The fraction of sp³-hybridized carbons (Fsp3) is 0.318. The van der Waals surface area contributed by atoms with Gasteiger partial charge in [-0.05, 0) is 24.6 Å². The van der Waals surface area contributed by atoms with Crippen LogP contribution in [0.5, 0.6) is 5.88 Å². The third-order valence-electron chi connectivity index (χ3n) is 4.99. The molecule has 1 atom stereocenters. The molecule has 0 bridgehead atoms. The van der Waals surface area contributed by atoms with Gasteiger partial charge in [0.2, 0.25) is 11.8 Å². The van der Waals surface area contributed by atoms with Gasteiger partial charge < -0.3 is 9.64 Å². The number of carbonyl (C=O) groups is 1. The van der Waals surface area contributed by atoms with Crippen LogP contribution in [-0.4, -0.2) is 34.2 Å². The number of ether oxygens (including phenoxy) is 1. The van der Waals surface area contributed by atoms with E-state index in [1.165, 1.54) is 26.4 Å². The monoisotopic (exact) mass is 400 g/mol. The quantitative estimate of drug-likeness (QED) is 0.667. The Kier molecular flexibility index (Phi) is 5.32. The highest BCUT2D eigenvalue weighted by Crippen LogP contribution is 2.32. The molecule has 0 spiro atoms. The summed E-state index contributed by atoms with van der Waals surface area (Å²) < 4.78 is 6.76. The number of fused-ring (bicyclic) bond motifs is 1. The largest absolute Gasteiger partial charge is 0.480 e. The molecule has 0 aromatic carbocycles.